The molecule has 2 aliphatic rings. The molecule has 0 bridgehead atoms. The van der Waals surface area contributed by atoms with E-state index in [2.05, 4.69) is 32.4 Å². The Morgan fingerprint density at radius 3 is 2.05 bits per heavy atom. The van der Waals surface area contributed by atoms with Gasteiger partial charge < -0.3 is 39.9 Å². The average Bonchev–Trinajstić information content (AvgIpc) is 3.71. The van der Waals surface area contributed by atoms with E-state index in [4.69, 9.17) is 9.47 Å². The average molecular weight is 858 g/mol. The molecule has 0 aromatic heterocycles. The van der Waals surface area contributed by atoms with E-state index in [0.717, 1.165) is 51.3 Å². The van der Waals surface area contributed by atoms with Crippen LogP contribution in [0, 0.1) is 23.7 Å². The Morgan fingerprint density at radius 1 is 0.869 bits per heavy atom. The van der Waals surface area contributed by atoms with Crippen molar-refractivity contribution >= 4 is 29.6 Å². The number of carbonyl (C=O) groups is 5. The fraction of sp³-hybridized carbons (Fsp3) is 0.761. The third-order valence-electron chi connectivity index (χ3n) is 13.1. The van der Waals surface area contributed by atoms with Gasteiger partial charge in [0.05, 0.1) is 42.7 Å². The molecule has 2 aliphatic heterocycles. The second-order valence-corrected chi connectivity index (χ2v) is 18.2. The summed E-state index contributed by atoms with van der Waals surface area (Å²) in [5, 5.41) is 15.8. The maximum Gasteiger partial charge on any atom is 0.326 e. The minimum atomic E-state index is -1.14. The van der Waals surface area contributed by atoms with Crippen LogP contribution >= 0.6 is 0 Å². The molecule has 3 N–H and O–H groups in total. The summed E-state index contributed by atoms with van der Waals surface area (Å²) in [5.41, 5.74) is 0.786. The second kappa shape index (κ2) is 24.9. The fourth-order valence-corrected chi connectivity index (χ4v) is 9.15. The Labute approximate surface area is 366 Å². The first kappa shape index (κ1) is 51.7. The highest BCUT2D eigenvalue weighted by Gasteiger charge is 2.43. The molecular formula is C46H79N7O8. The number of carboxylic acid groups (broad SMARTS) is 1. The number of methoxy groups -OCH3 is 2. The van der Waals surface area contributed by atoms with E-state index in [-0.39, 0.29) is 48.3 Å². The lowest BCUT2D eigenvalue weighted by Crippen LogP contribution is -2.60. The highest BCUT2D eigenvalue weighted by Crippen LogP contribution is 2.30. The van der Waals surface area contributed by atoms with Gasteiger partial charge in [0.2, 0.25) is 23.6 Å². The second-order valence-electron chi connectivity index (χ2n) is 18.2. The molecule has 2 saturated heterocycles. The van der Waals surface area contributed by atoms with E-state index in [0.29, 0.717) is 19.4 Å². The minimum absolute atomic E-state index is 0.0129. The number of benzene rings is 1. The molecule has 4 amide bonds. The normalized spacial score (nSPS) is 20.4. The van der Waals surface area contributed by atoms with Gasteiger partial charge in [-0.1, -0.05) is 85.2 Å². The van der Waals surface area contributed by atoms with Crippen molar-refractivity contribution in [1.82, 2.24) is 35.1 Å². The first-order valence-corrected chi connectivity index (χ1v) is 22.5. The largest absolute Gasteiger partial charge is 0.480 e. The SMILES string of the molecule is CC[C@H](C)[C@@H]([C@@H](CC(=O)N1CCC[C@H]1[C@H](OC)[C@@H](C)C(=O)N[C@@H](Cc1ccccc1)C(=O)O)OC)N(C)C(=O)[C@@H](NC(=O)[C@H](C(C)C)N(C)CCN1CCN(C)CC1)C(C)C. The molecular weight excluding hydrogens is 779 g/mol. The third kappa shape index (κ3) is 14.5. The van der Waals surface area contributed by atoms with Crippen molar-refractivity contribution in [2.75, 3.05) is 81.2 Å². The van der Waals surface area contributed by atoms with E-state index in [1.54, 1.807) is 30.9 Å². The lowest BCUT2D eigenvalue weighted by atomic mass is 9.89. The molecule has 0 radical (unpaired) electrons. The zero-order valence-corrected chi connectivity index (χ0v) is 39.3. The van der Waals surface area contributed by atoms with Crippen LogP contribution in [0.15, 0.2) is 30.3 Å². The first-order chi connectivity index (χ1) is 28.9. The quantitative estimate of drug-likeness (QED) is 0.140. The molecule has 0 unspecified atom stereocenters. The lowest BCUT2D eigenvalue weighted by molar-refractivity contribution is -0.148. The summed E-state index contributed by atoms with van der Waals surface area (Å²) in [7, 11) is 8.91. The molecule has 1 aromatic rings. The number of amides is 4. The van der Waals surface area contributed by atoms with Crippen LogP contribution in [0.1, 0.15) is 79.7 Å². The number of carboxylic acids is 1. The molecule has 9 atom stereocenters. The van der Waals surface area contributed by atoms with Gasteiger partial charge in [-0.3, -0.25) is 29.0 Å². The molecule has 346 valence electrons. The van der Waals surface area contributed by atoms with Gasteiger partial charge in [0, 0.05) is 73.5 Å². The van der Waals surface area contributed by atoms with Crippen LogP contribution in [-0.2, 0) is 39.9 Å². The number of carbonyl (C=O) groups excluding carboxylic acids is 4. The number of hydrogen-bond donors (Lipinski definition) is 3. The van der Waals surface area contributed by atoms with Gasteiger partial charge in [0.15, 0.2) is 0 Å². The number of rotatable bonds is 24. The number of hydrogen-bond acceptors (Lipinski definition) is 10. The van der Waals surface area contributed by atoms with E-state index >= 15 is 0 Å². The molecule has 0 spiro atoms. The molecule has 2 heterocycles. The maximum atomic E-state index is 14.6. The van der Waals surface area contributed by atoms with Gasteiger partial charge in [0.25, 0.3) is 0 Å². The van der Waals surface area contributed by atoms with Gasteiger partial charge in [0.1, 0.15) is 12.1 Å². The fourth-order valence-electron chi connectivity index (χ4n) is 9.15. The molecule has 15 heteroatoms. The smallest absolute Gasteiger partial charge is 0.326 e. The first-order valence-electron chi connectivity index (χ1n) is 22.5. The Morgan fingerprint density at radius 2 is 1.51 bits per heavy atom. The van der Waals surface area contributed by atoms with E-state index < -0.39 is 60.2 Å². The molecule has 2 fully saturated rings. The molecule has 61 heavy (non-hydrogen) atoms. The molecule has 0 aliphatic carbocycles. The summed E-state index contributed by atoms with van der Waals surface area (Å²) >= 11 is 0. The number of likely N-dealkylation sites (tertiary alicyclic amines) is 1. The van der Waals surface area contributed by atoms with E-state index in [1.165, 1.54) is 7.11 Å². The zero-order chi connectivity index (χ0) is 45.6. The van der Waals surface area contributed by atoms with Crippen LogP contribution < -0.4 is 10.6 Å². The van der Waals surface area contributed by atoms with Crippen molar-refractivity contribution in [2.45, 2.75) is 123 Å². The van der Waals surface area contributed by atoms with Gasteiger partial charge in [-0.2, -0.15) is 0 Å². The molecule has 1 aromatic carbocycles. The van der Waals surface area contributed by atoms with Crippen LogP contribution in [0.4, 0.5) is 0 Å². The molecule has 3 rings (SSSR count). The highest BCUT2D eigenvalue weighted by molar-refractivity contribution is 5.90. The number of ether oxygens (including phenoxy) is 2. The highest BCUT2D eigenvalue weighted by atomic mass is 16.5. The Kier molecular flexibility index (Phi) is 21.1. The van der Waals surface area contributed by atoms with Crippen molar-refractivity contribution in [3.63, 3.8) is 0 Å². The zero-order valence-electron chi connectivity index (χ0n) is 39.3. The lowest BCUT2D eigenvalue weighted by Gasteiger charge is -2.41. The van der Waals surface area contributed by atoms with E-state index in [9.17, 15) is 29.1 Å². The molecule has 0 saturated carbocycles. The topological polar surface area (TPSA) is 164 Å². The van der Waals surface area contributed by atoms with Crippen molar-refractivity contribution < 1.29 is 38.6 Å². The van der Waals surface area contributed by atoms with Crippen molar-refractivity contribution in [3.8, 4) is 0 Å². The van der Waals surface area contributed by atoms with Crippen LogP contribution in [0.25, 0.3) is 0 Å². The summed E-state index contributed by atoms with van der Waals surface area (Å²) < 4.78 is 12.0. The maximum absolute atomic E-state index is 14.6. The summed E-state index contributed by atoms with van der Waals surface area (Å²) in [6.07, 6.45) is 0.794. The Balaban J connectivity index is 1.74. The Bertz CT molecular complexity index is 1540. The predicted octanol–water partition coefficient (Wildman–Crippen LogP) is 3.06. The summed E-state index contributed by atoms with van der Waals surface area (Å²) in [6, 6.07) is 5.86. The van der Waals surface area contributed by atoms with Gasteiger partial charge >= 0.3 is 5.97 Å². The van der Waals surface area contributed by atoms with Crippen LogP contribution in [-0.4, -0.2) is 183 Å². The Hall–Kier alpha value is -3.63. The van der Waals surface area contributed by atoms with E-state index in [1.807, 2.05) is 78.9 Å². The van der Waals surface area contributed by atoms with Gasteiger partial charge in [-0.25, -0.2) is 4.79 Å². The minimum Gasteiger partial charge on any atom is -0.480 e. The van der Waals surface area contributed by atoms with Crippen LogP contribution in [0.2, 0.25) is 0 Å². The summed E-state index contributed by atoms with van der Waals surface area (Å²) in [5.74, 6) is -3.21. The number of nitrogens with one attached hydrogen (secondary N) is 2. The molecule has 15 nitrogen and oxygen atoms in total. The number of piperazine rings is 1. The standard InChI is InChI=1S/C46H79N7O8/c1-13-32(6)41(51(10)45(57)39(30(2)3)48-44(56)40(31(4)5)50(9)24-27-52-25-22-49(8)23-26-52)37(60-11)29-38(54)53-21-17-20-36(53)42(61-12)33(7)43(55)47-35(46(58)59)28-34-18-15-14-16-19-34/h14-16,18-19,30-33,35-37,39-42H,13,17,20-29H2,1-12H3,(H,47,55)(H,48,56)(H,58,59)/t32-,33+,35-,36-,37+,39-,40-,41-,42+/m0/s1. The summed E-state index contributed by atoms with van der Waals surface area (Å²) in [4.78, 5) is 78.9. The van der Waals surface area contributed by atoms with Gasteiger partial charge in [-0.05, 0) is 50.3 Å². The van der Waals surface area contributed by atoms with Crippen LogP contribution in [0.5, 0.6) is 0 Å². The third-order valence-corrected chi connectivity index (χ3v) is 13.1. The van der Waals surface area contributed by atoms with Gasteiger partial charge in [-0.15, -0.1) is 0 Å². The summed E-state index contributed by atoms with van der Waals surface area (Å²) in [6.45, 7) is 19.8. The number of nitrogens with zero attached hydrogens (tertiary/aromatic N) is 5. The van der Waals surface area contributed by atoms with Crippen LogP contribution in [0.3, 0.4) is 0 Å². The van der Waals surface area contributed by atoms with Crippen molar-refractivity contribution in [3.05, 3.63) is 35.9 Å². The predicted molar refractivity (Wildman–Crippen MR) is 238 cm³/mol. The number of likely N-dealkylation sites (N-methyl/N-ethyl adjacent to an activating group) is 3. The monoisotopic (exact) mass is 858 g/mol. The van der Waals surface area contributed by atoms with Crippen molar-refractivity contribution in [1.29, 1.82) is 0 Å². The number of aliphatic carboxylic acids is 1. The van der Waals surface area contributed by atoms with Crippen molar-refractivity contribution in [2.24, 2.45) is 23.7 Å².